The summed E-state index contributed by atoms with van der Waals surface area (Å²) in [6.45, 7) is 1.90. The molecule has 0 aliphatic carbocycles. The average Bonchev–Trinajstić information content (AvgIpc) is 2.37. The predicted octanol–water partition coefficient (Wildman–Crippen LogP) is 2.10. The Morgan fingerprint density at radius 2 is 1.95 bits per heavy atom. The van der Waals surface area contributed by atoms with E-state index in [1.54, 1.807) is 6.07 Å². The SMILES string of the molecule is CCCC(=O)Cc1cc(OC)cc(O)c1C(=O)OC. The molecule has 0 heterocycles. The number of phenols is 1. The Hall–Kier alpha value is -2.04. The van der Waals surface area contributed by atoms with Gasteiger partial charge in [0, 0.05) is 18.9 Å². The van der Waals surface area contributed by atoms with Crippen LogP contribution in [-0.2, 0) is 16.0 Å². The van der Waals surface area contributed by atoms with Crippen molar-refractivity contribution >= 4 is 11.8 Å². The van der Waals surface area contributed by atoms with Crippen LogP contribution >= 0.6 is 0 Å². The molecule has 104 valence electrons. The first-order valence-electron chi connectivity index (χ1n) is 6.03. The van der Waals surface area contributed by atoms with E-state index in [2.05, 4.69) is 4.74 Å². The van der Waals surface area contributed by atoms with Crippen LogP contribution in [0.5, 0.6) is 11.5 Å². The van der Waals surface area contributed by atoms with Crippen LogP contribution in [0, 0.1) is 0 Å². The van der Waals surface area contributed by atoms with Gasteiger partial charge in [0.05, 0.1) is 14.2 Å². The quantitative estimate of drug-likeness (QED) is 0.798. The molecule has 1 aromatic rings. The Balaban J connectivity index is 3.20. The first-order valence-corrected chi connectivity index (χ1v) is 6.03. The first kappa shape index (κ1) is 15.0. The van der Waals surface area contributed by atoms with Crippen LogP contribution in [0.3, 0.4) is 0 Å². The fourth-order valence-corrected chi connectivity index (χ4v) is 1.83. The van der Waals surface area contributed by atoms with Gasteiger partial charge in [-0.15, -0.1) is 0 Å². The molecule has 0 aromatic heterocycles. The predicted molar refractivity (Wildman–Crippen MR) is 69.6 cm³/mol. The molecule has 1 rings (SSSR count). The number of phenolic OH excluding ortho intramolecular Hbond substituents is 1. The largest absolute Gasteiger partial charge is 0.507 e. The molecule has 0 amide bonds. The van der Waals surface area contributed by atoms with Crippen molar-refractivity contribution in [3.63, 3.8) is 0 Å². The van der Waals surface area contributed by atoms with Gasteiger partial charge in [-0.25, -0.2) is 4.79 Å². The van der Waals surface area contributed by atoms with Crippen LogP contribution in [0.25, 0.3) is 0 Å². The Bertz CT molecular complexity index is 479. The molecular weight excluding hydrogens is 248 g/mol. The lowest BCUT2D eigenvalue weighted by molar-refractivity contribution is -0.118. The Morgan fingerprint density at radius 1 is 1.26 bits per heavy atom. The fourth-order valence-electron chi connectivity index (χ4n) is 1.83. The zero-order valence-corrected chi connectivity index (χ0v) is 11.4. The number of carbonyl (C=O) groups is 2. The Labute approximate surface area is 112 Å². The van der Waals surface area contributed by atoms with E-state index in [9.17, 15) is 14.7 Å². The van der Waals surface area contributed by atoms with Gasteiger partial charge in [-0.3, -0.25) is 4.79 Å². The van der Waals surface area contributed by atoms with Gasteiger partial charge in [0.15, 0.2) is 0 Å². The second-order valence-corrected chi connectivity index (χ2v) is 4.14. The topological polar surface area (TPSA) is 72.8 Å². The maximum Gasteiger partial charge on any atom is 0.341 e. The maximum atomic E-state index is 11.7. The summed E-state index contributed by atoms with van der Waals surface area (Å²) < 4.78 is 9.64. The van der Waals surface area contributed by atoms with Gasteiger partial charge < -0.3 is 14.6 Å². The number of ether oxygens (including phenoxy) is 2. The van der Waals surface area contributed by atoms with E-state index in [-0.39, 0.29) is 23.5 Å². The summed E-state index contributed by atoms with van der Waals surface area (Å²) in [4.78, 5) is 23.4. The fraction of sp³-hybridized carbons (Fsp3) is 0.429. The van der Waals surface area contributed by atoms with Crippen molar-refractivity contribution < 1.29 is 24.2 Å². The van der Waals surface area contributed by atoms with Crippen molar-refractivity contribution in [3.8, 4) is 11.5 Å². The minimum Gasteiger partial charge on any atom is -0.507 e. The standard InChI is InChI=1S/C14H18O5/c1-4-5-10(15)6-9-7-11(18-2)8-12(16)13(9)14(17)19-3/h7-8,16H,4-6H2,1-3H3. The Kier molecular flexibility index (Phi) is 5.36. The van der Waals surface area contributed by atoms with Gasteiger partial charge in [-0.2, -0.15) is 0 Å². The molecule has 0 saturated heterocycles. The molecule has 0 fully saturated rings. The van der Waals surface area contributed by atoms with E-state index in [0.717, 1.165) is 6.42 Å². The lowest BCUT2D eigenvalue weighted by Gasteiger charge is -2.11. The van der Waals surface area contributed by atoms with Crippen molar-refractivity contribution in [2.45, 2.75) is 26.2 Å². The second-order valence-electron chi connectivity index (χ2n) is 4.14. The molecule has 0 atom stereocenters. The van der Waals surface area contributed by atoms with Crippen molar-refractivity contribution in [1.82, 2.24) is 0 Å². The number of esters is 1. The number of ketones is 1. The van der Waals surface area contributed by atoms with E-state index in [0.29, 0.717) is 17.7 Å². The summed E-state index contributed by atoms with van der Waals surface area (Å²) in [6.07, 6.45) is 1.24. The Morgan fingerprint density at radius 3 is 2.47 bits per heavy atom. The molecule has 0 spiro atoms. The highest BCUT2D eigenvalue weighted by Gasteiger charge is 2.20. The van der Waals surface area contributed by atoms with Gasteiger partial charge in [-0.05, 0) is 18.1 Å². The molecule has 0 bridgehead atoms. The van der Waals surface area contributed by atoms with Gasteiger partial charge in [-0.1, -0.05) is 6.92 Å². The molecule has 0 unspecified atom stereocenters. The third-order valence-electron chi connectivity index (χ3n) is 2.71. The van der Waals surface area contributed by atoms with Gasteiger partial charge in [0.1, 0.15) is 22.8 Å². The minimum absolute atomic E-state index is 0.000283. The highest BCUT2D eigenvalue weighted by molar-refractivity contribution is 5.96. The molecule has 5 heteroatoms. The molecule has 0 saturated carbocycles. The highest BCUT2D eigenvalue weighted by atomic mass is 16.5. The second kappa shape index (κ2) is 6.78. The maximum absolute atomic E-state index is 11.7. The number of rotatable bonds is 6. The van der Waals surface area contributed by atoms with Crippen LogP contribution in [0.2, 0.25) is 0 Å². The summed E-state index contributed by atoms with van der Waals surface area (Å²) in [5.74, 6) is -0.519. The van der Waals surface area contributed by atoms with Gasteiger partial charge >= 0.3 is 5.97 Å². The molecule has 0 radical (unpaired) electrons. The lowest BCUT2D eigenvalue weighted by Crippen LogP contribution is -2.11. The van der Waals surface area contributed by atoms with Gasteiger partial charge in [0.2, 0.25) is 0 Å². The minimum atomic E-state index is -0.667. The summed E-state index contributed by atoms with van der Waals surface area (Å²) in [5.41, 5.74) is 0.440. The van der Waals surface area contributed by atoms with E-state index < -0.39 is 5.97 Å². The zero-order valence-electron chi connectivity index (χ0n) is 11.4. The molecule has 5 nitrogen and oxygen atoms in total. The molecular formula is C14H18O5. The van der Waals surface area contributed by atoms with E-state index >= 15 is 0 Å². The molecule has 0 aliphatic heterocycles. The molecule has 1 N–H and O–H groups in total. The first-order chi connectivity index (χ1) is 9.03. The number of methoxy groups -OCH3 is 2. The van der Waals surface area contributed by atoms with Gasteiger partial charge in [0.25, 0.3) is 0 Å². The van der Waals surface area contributed by atoms with E-state index in [1.165, 1.54) is 20.3 Å². The third-order valence-corrected chi connectivity index (χ3v) is 2.71. The third kappa shape index (κ3) is 3.71. The smallest absolute Gasteiger partial charge is 0.341 e. The number of hydrogen-bond donors (Lipinski definition) is 1. The summed E-state index contributed by atoms with van der Waals surface area (Å²) in [6, 6.07) is 2.89. The van der Waals surface area contributed by atoms with Crippen LogP contribution in [0.15, 0.2) is 12.1 Å². The number of hydrogen-bond acceptors (Lipinski definition) is 5. The highest BCUT2D eigenvalue weighted by Crippen LogP contribution is 2.29. The summed E-state index contributed by atoms with van der Waals surface area (Å²) in [5, 5.41) is 9.86. The average molecular weight is 266 g/mol. The zero-order chi connectivity index (χ0) is 14.4. The number of benzene rings is 1. The lowest BCUT2D eigenvalue weighted by atomic mass is 9.99. The van der Waals surface area contributed by atoms with Crippen LogP contribution < -0.4 is 4.74 Å². The van der Waals surface area contributed by atoms with E-state index in [4.69, 9.17) is 4.74 Å². The number of aromatic hydroxyl groups is 1. The van der Waals surface area contributed by atoms with Crippen molar-refractivity contribution in [1.29, 1.82) is 0 Å². The number of carbonyl (C=O) groups excluding carboxylic acids is 2. The van der Waals surface area contributed by atoms with Crippen molar-refractivity contribution in [2.24, 2.45) is 0 Å². The summed E-state index contributed by atoms with van der Waals surface area (Å²) in [7, 11) is 2.67. The number of Topliss-reactive ketones (excluding diaryl/α,β-unsaturated/α-hetero) is 1. The van der Waals surface area contributed by atoms with Crippen LogP contribution in [-0.4, -0.2) is 31.1 Å². The monoisotopic (exact) mass is 266 g/mol. The normalized spacial score (nSPS) is 10.1. The summed E-state index contributed by atoms with van der Waals surface area (Å²) >= 11 is 0. The van der Waals surface area contributed by atoms with Crippen molar-refractivity contribution in [3.05, 3.63) is 23.3 Å². The molecule has 1 aromatic carbocycles. The molecule has 0 aliphatic rings. The van der Waals surface area contributed by atoms with Crippen LogP contribution in [0.4, 0.5) is 0 Å². The van der Waals surface area contributed by atoms with Crippen LogP contribution in [0.1, 0.15) is 35.7 Å². The molecule has 19 heavy (non-hydrogen) atoms. The van der Waals surface area contributed by atoms with E-state index in [1.807, 2.05) is 6.92 Å². The van der Waals surface area contributed by atoms with Crippen molar-refractivity contribution in [2.75, 3.05) is 14.2 Å².